The molecule has 0 spiro atoms. The molecule has 0 atom stereocenters. The maximum absolute atomic E-state index is 11.7. The summed E-state index contributed by atoms with van der Waals surface area (Å²) in [5, 5.41) is 0.546. The standard InChI is InChI=1S/C9H11N3O2/c1-12-7(10)3-5-8(13)6(14-2)4-11-9(5)12/h3-4H,10H2,1-2H3,(H,11,13). The number of nitrogen functional groups attached to an aromatic ring is 1. The SMILES string of the molecule is COc1c[nH]c2c(cc(N)n2C)c1=O. The number of anilines is 1. The lowest BCUT2D eigenvalue weighted by Gasteiger charge is -2.00. The van der Waals surface area contributed by atoms with E-state index in [0.717, 1.165) is 0 Å². The molecule has 2 heterocycles. The second kappa shape index (κ2) is 2.80. The van der Waals surface area contributed by atoms with Crippen LogP contribution in [0.5, 0.6) is 5.75 Å². The average Bonchev–Trinajstić information content (AvgIpc) is 2.46. The molecule has 2 aromatic rings. The van der Waals surface area contributed by atoms with E-state index >= 15 is 0 Å². The Hall–Kier alpha value is -1.91. The first-order valence-electron chi connectivity index (χ1n) is 4.15. The zero-order chi connectivity index (χ0) is 10.3. The molecule has 14 heavy (non-hydrogen) atoms. The van der Waals surface area contributed by atoms with Gasteiger partial charge in [-0.2, -0.15) is 0 Å². The van der Waals surface area contributed by atoms with Gasteiger partial charge < -0.3 is 20.0 Å². The van der Waals surface area contributed by atoms with Crippen molar-refractivity contribution < 1.29 is 4.74 Å². The Labute approximate surface area is 80.1 Å². The zero-order valence-corrected chi connectivity index (χ0v) is 8.00. The van der Waals surface area contributed by atoms with Gasteiger partial charge in [-0.3, -0.25) is 4.79 Å². The van der Waals surface area contributed by atoms with Crippen LogP contribution in [-0.4, -0.2) is 16.7 Å². The van der Waals surface area contributed by atoms with Crippen molar-refractivity contribution in [2.45, 2.75) is 0 Å². The first-order chi connectivity index (χ1) is 6.65. The first-order valence-corrected chi connectivity index (χ1v) is 4.15. The number of pyridine rings is 1. The fourth-order valence-corrected chi connectivity index (χ4v) is 1.45. The van der Waals surface area contributed by atoms with E-state index in [9.17, 15) is 4.79 Å². The van der Waals surface area contributed by atoms with Crippen molar-refractivity contribution in [3.8, 4) is 5.75 Å². The maximum atomic E-state index is 11.7. The summed E-state index contributed by atoms with van der Waals surface area (Å²) in [6.45, 7) is 0. The molecule has 0 fully saturated rings. The average molecular weight is 193 g/mol. The molecule has 0 amide bonds. The van der Waals surface area contributed by atoms with Crippen LogP contribution in [-0.2, 0) is 7.05 Å². The highest BCUT2D eigenvalue weighted by molar-refractivity contribution is 5.81. The van der Waals surface area contributed by atoms with E-state index in [4.69, 9.17) is 10.5 Å². The normalized spacial score (nSPS) is 10.7. The topological polar surface area (TPSA) is 73.0 Å². The molecular weight excluding hydrogens is 182 g/mol. The molecule has 74 valence electrons. The number of rotatable bonds is 1. The molecule has 0 unspecified atom stereocenters. The molecule has 2 rings (SSSR count). The molecule has 0 aliphatic heterocycles. The third kappa shape index (κ3) is 0.985. The van der Waals surface area contributed by atoms with Crippen LogP contribution >= 0.6 is 0 Å². The van der Waals surface area contributed by atoms with Gasteiger partial charge in [-0.1, -0.05) is 0 Å². The number of H-pyrrole nitrogens is 1. The highest BCUT2D eigenvalue weighted by Gasteiger charge is 2.09. The van der Waals surface area contributed by atoms with Crippen LogP contribution in [0.4, 0.5) is 5.82 Å². The Kier molecular flexibility index (Phi) is 1.73. The molecular formula is C9H11N3O2. The van der Waals surface area contributed by atoms with Crippen LogP contribution in [0.15, 0.2) is 17.1 Å². The summed E-state index contributed by atoms with van der Waals surface area (Å²) in [6, 6.07) is 1.64. The summed E-state index contributed by atoms with van der Waals surface area (Å²) in [5.74, 6) is 0.838. The molecule has 5 heteroatoms. The number of hydrogen-bond donors (Lipinski definition) is 2. The van der Waals surface area contributed by atoms with Crippen LogP contribution < -0.4 is 15.9 Å². The van der Waals surface area contributed by atoms with Crippen molar-refractivity contribution in [1.82, 2.24) is 9.55 Å². The maximum Gasteiger partial charge on any atom is 0.232 e. The van der Waals surface area contributed by atoms with Gasteiger partial charge in [0.15, 0.2) is 5.75 Å². The molecule has 0 aliphatic carbocycles. The van der Waals surface area contributed by atoms with Crippen LogP contribution in [0.25, 0.3) is 11.0 Å². The third-order valence-corrected chi connectivity index (χ3v) is 2.30. The monoisotopic (exact) mass is 193 g/mol. The number of methoxy groups -OCH3 is 1. The Morgan fingerprint density at radius 1 is 1.57 bits per heavy atom. The number of hydrogen-bond acceptors (Lipinski definition) is 3. The van der Waals surface area contributed by atoms with Crippen LogP contribution in [0, 0.1) is 0 Å². The number of aryl methyl sites for hydroxylation is 1. The molecule has 0 aromatic carbocycles. The lowest BCUT2D eigenvalue weighted by Crippen LogP contribution is -2.06. The van der Waals surface area contributed by atoms with E-state index in [-0.39, 0.29) is 5.43 Å². The van der Waals surface area contributed by atoms with Crippen molar-refractivity contribution >= 4 is 16.9 Å². The third-order valence-electron chi connectivity index (χ3n) is 2.30. The Bertz CT molecular complexity index is 539. The Morgan fingerprint density at radius 3 is 2.93 bits per heavy atom. The fourth-order valence-electron chi connectivity index (χ4n) is 1.45. The summed E-state index contributed by atoms with van der Waals surface area (Å²) < 4.78 is 6.63. The van der Waals surface area contributed by atoms with Crippen LogP contribution in [0.1, 0.15) is 0 Å². The molecule has 0 radical (unpaired) electrons. The molecule has 0 aliphatic rings. The molecule has 0 saturated carbocycles. The van der Waals surface area contributed by atoms with E-state index < -0.39 is 0 Å². The lowest BCUT2D eigenvalue weighted by atomic mass is 10.3. The van der Waals surface area contributed by atoms with E-state index in [0.29, 0.717) is 22.6 Å². The molecule has 3 N–H and O–H groups in total. The van der Waals surface area contributed by atoms with Gasteiger partial charge in [0.1, 0.15) is 11.5 Å². The predicted molar refractivity (Wildman–Crippen MR) is 54.5 cm³/mol. The van der Waals surface area contributed by atoms with Gasteiger partial charge in [0.2, 0.25) is 5.43 Å². The van der Waals surface area contributed by atoms with Crippen molar-refractivity contribution in [2.24, 2.45) is 7.05 Å². The van der Waals surface area contributed by atoms with Gasteiger partial charge in [-0.25, -0.2) is 0 Å². The summed E-state index contributed by atoms with van der Waals surface area (Å²) in [5.41, 5.74) is 6.23. The fraction of sp³-hybridized carbons (Fsp3) is 0.222. The summed E-state index contributed by atoms with van der Waals surface area (Å²) in [7, 11) is 3.25. The van der Waals surface area contributed by atoms with Crippen molar-refractivity contribution in [3.05, 3.63) is 22.5 Å². The Balaban J connectivity index is 2.91. The molecule has 0 bridgehead atoms. The highest BCUT2D eigenvalue weighted by atomic mass is 16.5. The van der Waals surface area contributed by atoms with E-state index in [2.05, 4.69) is 4.98 Å². The first kappa shape index (κ1) is 8.68. The number of aromatic nitrogens is 2. The van der Waals surface area contributed by atoms with E-state index in [1.807, 2.05) is 0 Å². The van der Waals surface area contributed by atoms with E-state index in [1.165, 1.54) is 13.3 Å². The predicted octanol–water partition coefficient (Wildman–Crippen LogP) is 0.457. The number of fused-ring (bicyclic) bond motifs is 1. The van der Waals surface area contributed by atoms with Gasteiger partial charge >= 0.3 is 0 Å². The zero-order valence-electron chi connectivity index (χ0n) is 8.00. The molecule has 2 aromatic heterocycles. The van der Waals surface area contributed by atoms with Crippen molar-refractivity contribution in [1.29, 1.82) is 0 Å². The number of nitrogens with one attached hydrogen (secondary N) is 1. The smallest absolute Gasteiger partial charge is 0.232 e. The number of nitrogens with zero attached hydrogens (tertiary/aromatic N) is 1. The van der Waals surface area contributed by atoms with Gasteiger partial charge in [-0.15, -0.1) is 0 Å². The quantitative estimate of drug-likeness (QED) is 0.690. The van der Waals surface area contributed by atoms with Gasteiger partial charge in [-0.05, 0) is 6.07 Å². The number of nitrogens with two attached hydrogens (primary N) is 1. The van der Waals surface area contributed by atoms with Gasteiger partial charge in [0.05, 0.1) is 12.5 Å². The van der Waals surface area contributed by atoms with Crippen LogP contribution in [0.3, 0.4) is 0 Å². The summed E-state index contributed by atoms with van der Waals surface area (Å²) >= 11 is 0. The van der Waals surface area contributed by atoms with Crippen molar-refractivity contribution in [2.75, 3.05) is 12.8 Å². The summed E-state index contributed by atoms with van der Waals surface area (Å²) in [4.78, 5) is 14.7. The molecule has 5 nitrogen and oxygen atoms in total. The number of aromatic amines is 1. The summed E-state index contributed by atoms with van der Waals surface area (Å²) in [6.07, 6.45) is 1.53. The second-order valence-electron chi connectivity index (χ2n) is 3.08. The van der Waals surface area contributed by atoms with Gasteiger partial charge in [0, 0.05) is 13.2 Å². The Morgan fingerprint density at radius 2 is 2.29 bits per heavy atom. The van der Waals surface area contributed by atoms with E-state index in [1.54, 1.807) is 17.7 Å². The number of ether oxygens (including phenoxy) is 1. The van der Waals surface area contributed by atoms with Gasteiger partial charge in [0.25, 0.3) is 0 Å². The minimum absolute atomic E-state index is 0.145. The highest BCUT2D eigenvalue weighted by Crippen LogP contribution is 2.16. The van der Waals surface area contributed by atoms with Crippen LogP contribution in [0.2, 0.25) is 0 Å². The lowest BCUT2D eigenvalue weighted by molar-refractivity contribution is 0.410. The van der Waals surface area contributed by atoms with Crippen molar-refractivity contribution in [3.63, 3.8) is 0 Å². The molecule has 0 saturated heterocycles. The minimum Gasteiger partial charge on any atom is -0.491 e. The second-order valence-corrected chi connectivity index (χ2v) is 3.08. The largest absolute Gasteiger partial charge is 0.491 e. The minimum atomic E-state index is -0.145.